The number of hydrogen-bond acceptors (Lipinski definition) is 6. The fourth-order valence-electron chi connectivity index (χ4n) is 3.31. The molecule has 0 spiro atoms. The maximum Gasteiger partial charge on any atom is 0.243 e. The maximum atomic E-state index is 12.9. The third kappa shape index (κ3) is 4.63. The molecule has 4 rings (SSSR count). The molecule has 156 valence electrons. The van der Waals surface area contributed by atoms with Gasteiger partial charge in [-0.05, 0) is 43.3 Å². The van der Waals surface area contributed by atoms with Gasteiger partial charge in [0, 0.05) is 48.1 Å². The van der Waals surface area contributed by atoms with Gasteiger partial charge in [0.25, 0.3) is 0 Å². The highest BCUT2D eigenvalue weighted by Gasteiger charge is 2.29. The van der Waals surface area contributed by atoms with E-state index in [1.807, 2.05) is 48.2 Å². The zero-order chi connectivity index (χ0) is 21.1. The molecule has 1 aliphatic rings. The molecule has 1 fully saturated rings. The van der Waals surface area contributed by atoms with Crippen LogP contribution in [0.25, 0.3) is 0 Å². The van der Waals surface area contributed by atoms with Crippen LogP contribution < -0.4 is 10.2 Å². The van der Waals surface area contributed by atoms with Gasteiger partial charge in [0.05, 0.1) is 4.90 Å². The number of para-hydroxylation sites is 1. The number of anilines is 3. The molecule has 0 amide bonds. The molecule has 1 aliphatic heterocycles. The summed E-state index contributed by atoms with van der Waals surface area (Å²) in [6.07, 6.45) is 0. The number of aromatic nitrogens is 2. The Bertz CT molecular complexity index is 1120. The van der Waals surface area contributed by atoms with Gasteiger partial charge in [-0.1, -0.05) is 34.1 Å². The number of rotatable bonds is 5. The van der Waals surface area contributed by atoms with E-state index in [9.17, 15) is 8.42 Å². The van der Waals surface area contributed by atoms with Crippen LogP contribution in [-0.2, 0) is 10.0 Å². The lowest BCUT2D eigenvalue weighted by Crippen LogP contribution is -2.49. The van der Waals surface area contributed by atoms with Crippen LogP contribution in [0.3, 0.4) is 0 Å². The van der Waals surface area contributed by atoms with Gasteiger partial charge in [0.1, 0.15) is 5.82 Å². The average molecular weight is 488 g/mol. The molecule has 1 saturated heterocycles. The zero-order valence-corrected chi connectivity index (χ0v) is 18.9. The standard InChI is InChI=1S/C21H22BrN5O2S/c1-16-15-20(24-18-5-3-2-4-6-18)25-21(23-16)26-11-13-27(14-12-26)30(28,29)19-9-7-17(22)8-10-19/h2-10,15H,11-14H2,1H3,(H,23,24,25). The number of sulfonamides is 1. The highest BCUT2D eigenvalue weighted by molar-refractivity contribution is 9.10. The molecular weight excluding hydrogens is 466 g/mol. The maximum absolute atomic E-state index is 12.9. The van der Waals surface area contributed by atoms with E-state index in [1.54, 1.807) is 24.3 Å². The van der Waals surface area contributed by atoms with E-state index < -0.39 is 10.0 Å². The largest absolute Gasteiger partial charge is 0.340 e. The zero-order valence-electron chi connectivity index (χ0n) is 16.5. The Labute approximate surface area is 185 Å². The Kier molecular flexibility index (Phi) is 6.03. The van der Waals surface area contributed by atoms with Crippen LogP contribution in [0.15, 0.2) is 70.0 Å². The van der Waals surface area contributed by atoms with Crippen LogP contribution in [-0.4, -0.2) is 48.9 Å². The van der Waals surface area contributed by atoms with Gasteiger partial charge in [-0.15, -0.1) is 0 Å². The number of aryl methyl sites for hydroxylation is 1. The molecular formula is C21H22BrN5O2S. The third-order valence-electron chi connectivity index (χ3n) is 4.86. The fraction of sp³-hybridized carbons (Fsp3) is 0.238. The summed E-state index contributed by atoms with van der Waals surface area (Å²) >= 11 is 3.34. The van der Waals surface area contributed by atoms with Crippen LogP contribution in [0.5, 0.6) is 0 Å². The number of halogens is 1. The lowest BCUT2D eigenvalue weighted by atomic mass is 10.3. The highest BCUT2D eigenvalue weighted by Crippen LogP contribution is 2.23. The SMILES string of the molecule is Cc1cc(Nc2ccccc2)nc(N2CCN(S(=O)(=O)c3ccc(Br)cc3)CC2)n1. The quantitative estimate of drug-likeness (QED) is 0.589. The predicted octanol–water partition coefficient (Wildman–Crippen LogP) is 3.80. The summed E-state index contributed by atoms with van der Waals surface area (Å²) in [5, 5.41) is 3.30. The Hall–Kier alpha value is -2.49. The van der Waals surface area contributed by atoms with Crippen molar-refractivity contribution in [2.45, 2.75) is 11.8 Å². The molecule has 1 aromatic heterocycles. The first-order chi connectivity index (χ1) is 14.4. The van der Waals surface area contributed by atoms with Crippen molar-refractivity contribution in [1.82, 2.24) is 14.3 Å². The Morgan fingerprint density at radius 2 is 1.60 bits per heavy atom. The molecule has 2 aromatic carbocycles. The molecule has 0 radical (unpaired) electrons. The smallest absolute Gasteiger partial charge is 0.243 e. The first kappa shape index (κ1) is 20.8. The highest BCUT2D eigenvalue weighted by atomic mass is 79.9. The summed E-state index contributed by atoms with van der Waals surface area (Å²) < 4.78 is 28.2. The number of piperazine rings is 1. The molecule has 9 heteroatoms. The van der Waals surface area contributed by atoms with E-state index in [0.29, 0.717) is 42.8 Å². The molecule has 3 aromatic rings. The third-order valence-corrected chi connectivity index (χ3v) is 7.30. The first-order valence-corrected chi connectivity index (χ1v) is 11.8. The lowest BCUT2D eigenvalue weighted by molar-refractivity contribution is 0.382. The van der Waals surface area contributed by atoms with Crippen LogP contribution >= 0.6 is 15.9 Å². The molecule has 30 heavy (non-hydrogen) atoms. The second-order valence-electron chi connectivity index (χ2n) is 7.03. The fourth-order valence-corrected chi connectivity index (χ4v) is 5.00. The second kappa shape index (κ2) is 8.71. The van der Waals surface area contributed by atoms with Crippen molar-refractivity contribution >= 4 is 43.4 Å². The monoisotopic (exact) mass is 487 g/mol. The molecule has 1 N–H and O–H groups in total. The molecule has 0 aliphatic carbocycles. The Morgan fingerprint density at radius 1 is 0.933 bits per heavy atom. The summed E-state index contributed by atoms with van der Waals surface area (Å²) in [6.45, 7) is 3.76. The lowest BCUT2D eigenvalue weighted by Gasteiger charge is -2.34. The van der Waals surface area contributed by atoms with Gasteiger partial charge in [-0.3, -0.25) is 0 Å². The van der Waals surface area contributed by atoms with Gasteiger partial charge in [-0.2, -0.15) is 9.29 Å². The topological polar surface area (TPSA) is 78.4 Å². The molecule has 0 bridgehead atoms. The molecule has 2 heterocycles. The summed E-state index contributed by atoms with van der Waals surface area (Å²) in [4.78, 5) is 11.5. The molecule has 0 atom stereocenters. The summed E-state index contributed by atoms with van der Waals surface area (Å²) in [5.74, 6) is 1.32. The number of nitrogens with zero attached hydrogens (tertiary/aromatic N) is 4. The Morgan fingerprint density at radius 3 is 2.27 bits per heavy atom. The van der Waals surface area contributed by atoms with Crippen molar-refractivity contribution in [2.24, 2.45) is 0 Å². The van der Waals surface area contributed by atoms with Crippen molar-refractivity contribution in [2.75, 3.05) is 36.4 Å². The van der Waals surface area contributed by atoms with E-state index >= 15 is 0 Å². The van der Waals surface area contributed by atoms with Crippen molar-refractivity contribution < 1.29 is 8.42 Å². The number of nitrogens with one attached hydrogen (secondary N) is 1. The van der Waals surface area contributed by atoms with Crippen LogP contribution in [0.2, 0.25) is 0 Å². The van der Waals surface area contributed by atoms with Crippen molar-refractivity contribution in [3.8, 4) is 0 Å². The van der Waals surface area contributed by atoms with Crippen LogP contribution in [0.4, 0.5) is 17.5 Å². The summed E-state index contributed by atoms with van der Waals surface area (Å²) in [7, 11) is -3.51. The first-order valence-electron chi connectivity index (χ1n) is 9.60. The Balaban J connectivity index is 1.47. The molecule has 7 nitrogen and oxygen atoms in total. The minimum Gasteiger partial charge on any atom is -0.340 e. The van der Waals surface area contributed by atoms with E-state index in [2.05, 4.69) is 31.2 Å². The van der Waals surface area contributed by atoms with Gasteiger partial charge in [0.2, 0.25) is 16.0 Å². The van der Waals surface area contributed by atoms with Crippen LogP contribution in [0.1, 0.15) is 5.69 Å². The minimum absolute atomic E-state index is 0.306. The van der Waals surface area contributed by atoms with Crippen molar-refractivity contribution in [1.29, 1.82) is 0 Å². The van der Waals surface area contributed by atoms with E-state index in [4.69, 9.17) is 0 Å². The van der Waals surface area contributed by atoms with Crippen molar-refractivity contribution in [3.05, 3.63) is 70.8 Å². The molecule has 0 saturated carbocycles. The summed E-state index contributed by atoms with van der Waals surface area (Å²) in [6, 6.07) is 18.5. The van der Waals surface area contributed by atoms with Crippen molar-refractivity contribution in [3.63, 3.8) is 0 Å². The van der Waals surface area contributed by atoms with E-state index in [-0.39, 0.29) is 0 Å². The van der Waals surface area contributed by atoms with Gasteiger partial charge >= 0.3 is 0 Å². The average Bonchev–Trinajstić information content (AvgIpc) is 2.74. The summed E-state index contributed by atoms with van der Waals surface area (Å²) in [5.41, 5.74) is 1.80. The normalized spacial score (nSPS) is 15.2. The van der Waals surface area contributed by atoms with Gasteiger partial charge in [-0.25, -0.2) is 13.4 Å². The number of benzene rings is 2. The predicted molar refractivity (Wildman–Crippen MR) is 122 cm³/mol. The number of hydrogen-bond donors (Lipinski definition) is 1. The molecule has 0 unspecified atom stereocenters. The van der Waals surface area contributed by atoms with Crippen LogP contribution in [0, 0.1) is 6.92 Å². The van der Waals surface area contributed by atoms with Gasteiger partial charge in [0.15, 0.2) is 0 Å². The minimum atomic E-state index is -3.51. The van der Waals surface area contributed by atoms with E-state index in [1.165, 1.54) is 4.31 Å². The van der Waals surface area contributed by atoms with E-state index in [0.717, 1.165) is 15.9 Å². The second-order valence-corrected chi connectivity index (χ2v) is 9.88. The van der Waals surface area contributed by atoms with Gasteiger partial charge < -0.3 is 10.2 Å².